The van der Waals surface area contributed by atoms with Crippen LogP contribution in [0.5, 0.6) is 0 Å². The Labute approximate surface area is 106 Å². The summed E-state index contributed by atoms with van der Waals surface area (Å²) in [6.07, 6.45) is -0.406. The zero-order chi connectivity index (χ0) is 12.8. The largest absolute Gasteiger partial charge is 0.339 e. The van der Waals surface area contributed by atoms with Gasteiger partial charge in [-0.15, -0.1) is 0 Å². The second-order valence-corrected chi connectivity index (χ2v) is 3.87. The van der Waals surface area contributed by atoms with Crippen molar-refractivity contribution in [2.45, 2.75) is 13.0 Å². The van der Waals surface area contributed by atoms with Crippen LogP contribution in [0.2, 0.25) is 0 Å². The van der Waals surface area contributed by atoms with Gasteiger partial charge in [0, 0.05) is 6.92 Å². The van der Waals surface area contributed by atoms with E-state index >= 15 is 0 Å². The van der Waals surface area contributed by atoms with Gasteiger partial charge in [-0.1, -0.05) is 60.7 Å². The summed E-state index contributed by atoms with van der Waals surface area (Å²) in [5.74, 6) is -0.466. The second kappa shape index (κ2) is 5.98. The Balaban J connectivity index is 2.26. The summed E-state index contributed by atoms with van der Waals surface area (Å²) in [4.78, 5) is 20.8. The number of hydrogen-bond acceptors (Lipinski definition) is 3. The number of benzene rings is 2. The van der Waals surface area contributed by atoms with Crippen molar-refractivity contribution in [3.8, 4) is 0 Å². The fraction of sp³-hybridized carbons (Fsp3) is 0.133. The van der Waals surface area contributed by atoms with E-state index in [1.54, 1.807) is 0 Å². The number of rotatable bonds is 4. The van der Waals surface area contributed by atoms with E-state index in [2.05, 4.69) is 4.89 Å². The lowest BCUT2D eigenvalue weighted by Gasteiger charge is -2.16. The Morgan fingerprint density at radius 3 is 1.72 bits per heavy atom. The molecule has 3 heteroatoms. The van der Waals surface area contributed by atoms with Crippen LogP contribution >= 0.6 is 0 Å². The van der Waals surface area contributed by atoms with Crippen LogP contribution in [-0.4, -0.2) is 5.97 Å². The van der Waals surface area contributed by atoms with Gasteiger partial charge in [0.05, 0.1) is 0 Å². The first kappa shape index (κ1) is 12.3. The molecule has 0 aromatic heterocycles. The topological polar surface area (TPSA) is 35.5 Å². The average molecular weight is 242 g/mol. The molecule has 0 amide bonds. The van der Waals surface area contributed by atoms with Crippen LogP contribution in [0.3, 0.4) is 0 Å². The van der Waals surface area contributed by atoms with Crippen molar-refractivity contribution in [1.82, 2.24) is 0 Å². The summed E-state index contributed by atoms with van der Waals surface area (Å²) >= 11 is 0. The molecule has 0 radical (unpaired) electrons. The zero-order valence-electron chi connectivity index (χ0n) is 10.1. The normalized spacial score (nSPS) is 10.3. The van der Waals surface area contributed by atoms with Gasteiger partial charge in [-0.05, 0) is 11.1 Å². The van der Waals surface area contributed by atoms with Gasteiger partial charge < -0.3 is 0 Å². The molecule has 0 unspecified atom stereocenters. The van der Waals surface area contributed by atoms with Crippen molar-refractivity contribution in [2.75, 3.05) is 0 Å². The Hall–Kier alpha value is -2.13. The minimum Gasteiger partial charge on any atom is -0.298 e. The van der Waals surface area contributed by atoms with Gasteiger partial charge in [0.15, 0.2) is 6.10 Å². The molecule has 0 N–H and O–H groups in total. The fourth-order valence-corrected chi connectivity index (χ4v) is 1.68. The molecule has 0 heterocycles. The molecule has 0 bridgehead atoms. The van der Waals surface area contributed by atoms with Gasteiger partial charge in [-0.25, -0.2) is 4.79 Å². The van der Waals surface area contributed by atoms with Crippen molar-refractivity contribution in [3.05, 3.63) is 71.8 Å². The van der Waals surface area contributed by atoms with Crippen molar-refractivity contribution >= 4 is 5.97 Å². The van der Waals surface area contributed by atoms with Gasteiger partial charge >= 0.3 is 5.97 Å². The third-order valence-corrected chi connectivity index (χ3v) is 2.47. The lowest BCUT2D eigenvalue weighted by molar-refractivity contribution is -0.290. The van der Waals surface area contributed by atoms with Crippen LogP contribution in [0.4, 0.5) is 0 Å². The van der Waals surface area contributed by atoms with Crippen molar-refractivity contribution in [1.29, 1.82) is 0 Å². The summed E-state index contributed by atoms with van der Waals surface area (Å²) in [5, 5.41) is 0. The smallest absolute Gasteiger partial charge is 0.298 e. The minimum atomic E-state index is -0.466. The van der Waals surface area contributed by atoms with Gasteiger partial charge in [0.2, 0.25) is 0 Å². The first-order chi connectivity index (χ1) is 8.77. The van der Waals surface area contributed by atoms with Crippen molar-refractivity contribution in [3.63, 3.8) is 0 Å². The summed E-state index contributed by atoms with van der Waals surface area (Å²) in [5.41, 5.74) is 1.87. The standard InChI is InChI=1S/C15H14O3/c1-12(16)17-18-15(13-8-4-2-5-9-13)14-10-6-3-7-11-14/h2-11,15H,1H3. The van der Waals surface area contributed by atoms with Gasteiger partial charge in [-0.2, -0.15) is 4.89 Å². The highest BCUT2D eigenvalue weighted by atomic mass is 17.2. The molecule has 0 aliphatic carbocycles. The van der Waals surface area contributed by atoms with Gasteiger partial charge in [0.1, 0.15) is 0 Å². The minimum absolute atomic E-state index is 0.406. The van der Waals surface area contributed by atoms with Crippen molar-refractivity contribution < 1.29 is 14.6 Å². The third kappa shape index (κ3) is 3.18. The lowest BCUT2D eigenvalue weighted by Crippen LogP contribution is -2.09. The van der Waals surface area contributed by atoms with E-state index in [1.807, 2.05) is 60.7 Å². The first-order valence-corrected chi connectivity index (χ1v) is 5.71. The molecular weight excluding hydrogens is 228 g/mol. The van der Waals surface area contributed by atoms with Crippen LogP contribution in [0.15, 0.2) is 60.7 Å². The Bertz CT molecular complexity index is 454. The number of hydrogen-bond donors (Lipinski definition) is 0. The molecule has 2 aromatic rings. The molecule has 0 fully saturated rings. The van der Waals surface area contributed by atoms with E-state index in [9.17, 15) is 4.79 Å². The molecule has 2 aromatic carbocycles. The summed E-state index contributed by atoms with van der Waals surface area (Å²) in [6, 6.07) is 19.3. The predicted molar refractivity (Wildman–Crippen MR) is 67.6 cm³/mol. The number of carbonyl (C=O) groups excluding carboxylic acids is 1. The molecule has 0 aliphatic heterocycles. The van der Waals surface area contributed by atoms with E-state index in [1.165, 1.54) is 6.92 Å². The van der Waals surface area contributed by atoms with Crippen LogP contribution < -0.4 is 0 Å². The molecule has 0 aliphatic rings. The van der Waals surface area contributed by atoms with Gasteiger partial charge in [0.25, 0.3) is 0 Å². The Morgan fingerprint density at radius 2 is 1.33 bits per heavy atom. The zero-order valence-corrected chi connectivity index (χ0v) is 10.1. The third-order valence-electron chi connectivity index (χ3n) is 2.47. The van der Waals surface area contributed by atoms with E-state index in [-0.39, 0.29) is 0 Å². The average Bonchev–Trinajstić information content (AvgIpc) is 2.41. The van der Waals surface area contributed by atoms with Crippen LogP contribution in [0.25, 0.3) is 0 Å². The monoisotopic (exact) mass is 242 g/mol. The van der Waals surface area contributed by atoms with Crippen LogP contribution in [0, 0.1) is 0 Å². The second-order valence-electron chi connectivity index (χ2n) is 3.87. The molecule has 18 heavy (non-hydrogen) atoms. The SMILES string of the molecule is CC(=O)OOC(c1ccccc1)c1ccccc1. The number of carbonyl (C=O) groups is 1. The highest BCUT2D eigenvalue weighted by molar-refractivity contribution is 5.65. The summed E-state index contributed by atoms with van der Waals surface area (Å²) in [6.45, 7) is 1.31. The lowest BCUT2D eigenvalue weighted by atomic mass is 10.0. The Morgan fingerprint density at radius 1 is 0.889 bits per heavy atom. The molecule has 2 rings (SSSR count). The van der Waals surface area contributed by atoms with E-state index in [0.29, 0.717) is 0 Å². The molecule has 3 nitrogen and oxygen atoms in total. The highest BCUT2D eigenvalue weighted by Gasteiger charge is 2.16. The maximum absolute atomic E-state index is 10.9. The van der Waals surface area contributed by atoms with E-state index < -0.39 is 12.1 Å². The molecule has 0 atom stereocenters. The highest BCUT2D eigenvalue weighted by Crippen LogP contribution is 2.25. The maximum atomic E-state index is 10.9. The molecular formula is C15H14O3. The van der Waals surface area contributed by atoms with Crippen molar-refractivity contribution in [2.24, 2.45) is 0 Å². The van der Waals surface area contributed by atoms with E-state index in [4.69, 9.17) is 4.89 Å². The Kier molecular flexibility index (Phi) is 4.10. The molecule has 0 saturated heterocycles. The fourth-order valence-electron chi connectivity index (χ4n) is 1.68. The van der Waals surface area contributed by atoms with E-state index in [0.717, 1.165) is 11.1 Å². The summed E-state index contributed by atoms with van der Waals surface area (Å²) < 4.78 is 0. The molecule has 92 valence electrons. The quantitative estimate of drug-likeness (QED) is 0.609. The van der Waals surface area contributed by atoms with Crippen LogP contribution in [0.1, 0.15) is 24.2 Å². The first-order valence-electron chi connectivity index (χ1n) is 5.71. The molecule has 0 spiro atoms. The van der Waals surface area contributed by atoms with Crippen LogP contribution in [-0.2, 0) is 14.6 Å². The predicted octanol–water partition coefficient (Wildman–Crippen LogP) is 3.27. The maximum Gasteiger partial charge on any atom is 0.339 e. The van der Waals surface area contributed by atoms with Gasteiger partial charge in [-0.3, -0.25) is 4.89 Å². The molecule has 0 saturated carbocycles. The summed E-state index contributed by atoms with van der Waals surface area (Å²) in [7, 11) is 0.